The highest BCUT2D eigenvalue weighted by atomic mass is 32.1. The average molecular weight is 620 g/mol. The molecule has 12 heteroatoms. The number of ether oxygens (including phenoxy) is 2. The van der Waals surface area contributed by atoms with Gasteiger partial charge in [-0.2, -0.15) is 0 Å². The molecule has 3 atom stereocenters. The van der Waals surface area contributed by atoms with E-state index in [2.05, 4.69) is 0 Å². The summed E-state index contributed by atoms with van der Waals surface area (Å²) in [5, 5.41) is 13.3. The minimum absolute atomic E-state index is 0.0102. The number of halogens is 1. The predicted molar refractivity (Wildman–Crippen MR) is 161 cm³/mol. The number of hydrogen-bond acceptors (Lipinski definition) is 10. The molecule has 2 aliphatic rings. The zero-order valence-electron chi connectivity index (χ0n) is 24.2. The number of thiophene rings is 1. The molecule has 0 saturated heterocycles. The van der Waals surface area contributed by atoms with E-state index in [0.29, 0.717) is 16.9 Å². The Balaban J connectivity index is 1.85. The molecule has 0 spiro atoms. The number of carbonyl (C=O) groups is 3. The molecule has 1 aliphatic carbocycles. The maximum atomic E-state index is 15.6. The lowest BCUT2D eigenvalue weighted by Gasteiger charge is -2.44. The van der Waals surface area contributed by atoms with E-state index in [4.69, 9.17) is 15.2 Å². The summed E-state index contributed by atoms with van der Waals surface area (Å²) in [5.74, 6) is -6.24. The number of benzene rings is 2. The second-order valence-electron chi connectivity index (χ2n) is 10.3. The zero-order chi connectivity index (χ0) is 31.7. The van der Waals surface area contributed by atoms with Gasteiger partial charge in [0.25, 0.3) is 5.69 Å². The Morgan fingerprint density at radius 1 is 1.11 bits per heavy atom. The molecule has 0 unspecified atom stereocenters. The second-order valence-corrected chi connectivity index (χ2v) is 11.3. The molecule has 5 rings (SSSR count). The monoisotopic (exact) mass is 619 g/mol. The fourth-order valence-corrected chi connectivity index (χ4v) is 6.87. The van der Waals surface area contributed by atoms with Gasteiger partial charge >= 0.3 is 11.9 Å². The fourth-order valence-electron chi connectivity index (χ4n) is 6.01. The number of nitro benzene ring substituents is 1. The van der Waals surface area contributed by atoms with Crippen LogP contribution >= 0.6 is 11.3 Å². The highest BCUT2D eigenvalue weighted by molar-refractivity contribution is 7.10. The highest BCUT2D eigenvalue weighted by Crippen LogP contribution is 2.52. The molecule has 3 aromatic rings. The molecule has 0 fully saturated rings. The smallest absolute Gasteiger partial charge is 0.338 e. The predicted octanol–water partition coefficient (Wildman–Crippen LogP) is 5.63. The summed E-state index contributed by atoms with van der Waals surface area (Å²) in [6.45, 7) is 4.90. The normalized spacial score (nSPS) is 20.0. The Morgan fingerprint density at radius 3 is 2.45 bits per heavy atom. The first-order valence-corrected chi connectivity index (χ1v) is 14.9. The number of Topliss-reactive ketones (excluding diaryl/α,β-unsaturated/α-hetero) is 1. The van der Waals surface area contributed by atoms with Crippen molar-refractivity contribution in [1.82, 2.24) is 0 Å². The first-order chi connectivity index (χ1) is 21.1. The van der Waals surface area contributed by atoms with E-state index < -0.39 is 46.2 Å². The van der Waals surface area contributed by atoms with Gasteiger partial charge in [0.05, 0.1) is 35.3 Å². The van der Waals surface area contributed by atoms with Gasteiger partial charge in [-0.25, -0.2) is 9.18 Å². The summed E-state index contributed by atoms with van der Waals surface area (Å²) in [7, 11) is 0. The van der Waals surface area contributed by atoms with Gasteiger partial charge in [-0.3, -0.25) is 24.6 Å². The van der Waals surface area contributed by atoms with Crippen molar-refractivity contribution in [2.75, 3.05) is 18.1 Å². The van der Waals surface area contributed by atoms with Crippen LogP contribution in [0.2, 0.25) is 0 Å². The Hall–Kier alpha value is -4.84. The number of ketones is 1. The molecule has 0 saturated carbocycles. The Labute approximate surface area is 256 Å². The lowest BCUT2D eigenvalue weighted by molar-refractivity contribution is -0.384. The molecule has 0 amide bonds. The largest absolute Gasteiger partial charge is 0.465 e. The highest BCUT2D eigenvalue weighted by Gasteiger charge is 2.52. The second kappa shape index (κ2) is 12.4. The quantitative estimate of drug-likeness (QED) is 0.147. The van der Waals surface area contributed by atoms with Crippen LogP contribution in [0.4, 0.5) is 15.8 Å². The molecule has 1 aromatic heterocycles. The molecule has 44 heavy (non-hydrogen) atoms. The fraction of sp³-hybridized carbons (Fsp3) is 0.281. The number of nitro groups is 1. The van der Waals surface area contributed by atoms with Crippen molar-refractivity contribution < 1.29 is 33.2 Å². The van der Waals surface area contributed by atoms with Gasteiger partial charge in [-0.15, -0.1) is 11.3 Å². The van der Waals surface area contributed by atoms with Crippen LogP contribution in [0.1, 0.15) is 48.1 Å². The first-order valence-electron chi connectivity index (χ1n) is 14.0. The molecule has 1 aliphatic heterocycles. The van der Waals surface area contributed by atoms with Crippen molar-refractivity contribution in [3.05, 3.63) is 115 Å². The van der Waals surface area contributed by atoms with E-state index in [1.165, 1.54) is 52.6 Å². The number of non-ortho nitro benzene ring substituents is 1. The number of nitrogens with zero attached hydrogens (tertiary/aromatic N) is 2. The first kappa shape index (κ1) is 30.6. The van der Waals surface area contributed by atoms with Crippen LogP contribution in [0.3, 0.4) is 0 Å². The van der Waals surface area contributed by atoms with Crippen LogP contribution in [-0.4, -0.2) is 35.9 Å². The molecule has 2 aromatic carbocycles. The maximum absolute atomic E-state index is 15.6. The van der Waals surface area contributed by atoms with Crippen LogP contribution in [0.5, 0.6) is 0 Å². The average Bonchev–Trinajstić information content (AvgIpc) is 3.52. The number of rotatable bonds is 8. The number of allylic oxidation sites excluding steroid dienone is 2. The number of nitrogens with two attached hydrogens (primary N) is 1. The van der Waals surface area contributed by atoms with Crippen molar-refractivity contribution in [1.29, 1.82) is 0 Å². The summed E-state index contributed by atoms with van der Waals surface area (Å²) in [5.41, 5.74) is 7.65. The zero-order valence-corrected chi connectivity index (χ0v) is 25.1. The number of aryl methyl sites for hydroxylation is 1. The standard InChI is InChI=1S/C32H30FN3O7S/c1-4-42-31(38)26-20(24-11-8-14-44-24)16-23-27(29(26)37)25(19-9-6-7-10-21(19)33)28(32(39)43-5-2)30(34)35(23)22-13-12-18(36(40)41)15-17(22)3/h6-15,20,25-26H,4-5,16,34H2,1-3H3/t20-,25-,26-/m1/s1. The van der Waals surface area contributed by atoms with E-state index >= 15 is 4.39 Å². The van der Waals surface area contributed by atoms with Crippen molar-refractivity contribution in [3.63, 3.8) is 0 Å². The van der Waals surface area contributed by atoms with E-state index in [1.54, 1.807) is 26.8 Å². The van der Waals surface area contributed by atoms with E-state index in [0.717, 1.165) is 4.88 Å². The van der Waals surface area contributed by atoms with Gasteiger partial charge < -0.3 is 15.2 Å². The van der Waals surface area contributed by atoms with Gasteiger partial charge in [0.15, 0.2) is 5.78 Å². The summed E-state index contributed by atoms with van der Waals surface area (Å²) >= 11 is 1.37. The molecular formula is C32H30FN3O7S. The van der Waals surface area contributed by atoms with Crippen LogP contribution in [0.15, 0.2) is 82.6 Å². The third-order valence-corrected chi connectivity index (χ3v) is 8.84. The van der Waals surface area contributed by atoms with Crippen molar-refractivity contribution in [2.45, 2.75) is 39.0 Å². The molecule has 2 N–H and O–H groups in total. The number of anilines is 1. The Kier molecular flexibility index (Phi) is 8.63. The molecule has 0 bridgehead atoms. The molecular weight excluding hydrogens is 589 g/mol. The Bertz CT molecular complexity index is 1720. The van der Waals surface area contributed by atoms with Crippen molar-refractivity contribution >= 4 is 40.4 Å². The lowest BCUT2D eigenvalue weighted by Crippen LogP contribution is -2.46. The van der Waals surface area contributed by atoms with Crippen LogP contribution in [0, 0.1) is 28.8 Å². The van der Waals surface area contributed by atoms with Crippen LogP contribution in [0.25, 0.3) is 0 Å². The van der Waals surface area contributed by atoms with E-state index in [9.17, 15) is 24.5 Å². The molecule has 2 heterocycles. The summed E-state index contributed by atoms with van der Waals surface area (Å²) in [4.78, 5) is 55.0. The van der Waals surface area contributed by atoms with Gasteiger partial charge in [-0.05, 0) is 56.3 Å². The minimum atomic E-state index is -1.30. The third kappa shape index (κ3) is 5.25. The molecule has 0 radical (unpaired) electrons. The number of hydrogen-bond donors (Lipinski definition) is 1. The Morgan fingerprint density at radius 2 is 1.84 bits per heavy atom. The molecule has 228 valence electrons. The van der Waals surface area contributed by atoms with Crippen molar-refractivity contribution in [2.24, 2.45) is 11.7 Å². The van der Waals surface area contributed by atoms with E-state index in [1.807, 2.05) is 17.5 Å². The number of esters is 2. The van der Waals surface area contributed by atoms with Crippen LogP contribution in [-0.2, 0) is 23.9 Å². The van der Waals surface area contributed by atoms with Gasteiger partial charge in [0.2, 0.25) is 0 Å². The van der Waals surface area contributed by atoms with Gasteiger partial charge in [0.1, 0.15) is 17.6 Å². The van der Waals surface area contributed by atoms with Crippen molar-refractivity contribution in [3.8, 4) is 0 Å². The maximum Gasteiger partial charge on any atom is 0.338 e. The summed E-state index contributed by atoms with van der Waals surface area (Å²) < 4.78 is 26.3. The molecule has 10 nitrogen and oxygen atoms in total. The van der Waals surface area contributed by atoms with Crippen LogP contribution < -0.4 is 10.6 Å². The third-order valence-electron chi connectivity index (χ3n) is 7.83. The number of carbonyl (C=O) groups excluding carboxylic acids is 3. The SMILES string of the molecule is CCOC(=O)C1=C(N)N(c2ccc([N+](=O)[O-])cc2C)C2=C(C(=O)[C@H](C(=O)OCC)[C@@H](c3cccs3)C2)[C@H]1c1ccccc1F. The van der Waals surface area contributed by atoms with Gasteiger partial charge in [0, 0.05) is 39.8 Å². The lowest BCUT2D eigenvalue weighted by atomic mass is 9.68. The minimum Gasteiger partial charge on any atom is -0.465 e. The summed E-state index contributed by atoms with van der Waals surface area (Å²) in [6, 6.07) is 13.5. The topological polar surface area (TPSA) is 142 Å². The van der Waals surface area contributed by atoms with E-state index in [-0.39, 0.29) is 47.9 Å². The summed E-state index contributed by atoms with van der Waals surface area (Å²) in [6.07, 6.45) is 0.100. The van der Waals surface area contributed by atoms with Gasteiger partial charge in [-0.1, -0.05) is 24.3 Å².